The number of phenols is 1. The van der Waals surface area contributed by atoms with E-state index in [0.717, 1.165) is 6.07 Å². The van der Waals surface area contributed by atoms with Gasteiger partial charge in [0.05, 0.1) is 12.7 Å². The van der Waals surface area contributed by atoms with Gasteiger partial charge in [0.15, 0.2) is 0 Å². The van der Waals surface area contributed by atoms with E-state index in [1.807, 2.05) is 0 Å². The summed E-state index contributed by atoms with van der Waals surface area (Å²) in [5.41, 5.74) is 0.357. The van der Waals surface area contributed by atoms with E-state index >= 15 is 0 Å². The lowest BCUT2D eigenvalue weighted by Gasteiger charge is -2.09. The van der Waals surface area contributed by atoms with Gasteiger partial charge >= 0.3 is 10.1 Å². The van der Waals surface area contributed by atoms with Crippen molar-refractivity contribution >= 4 is 21.1 Å². The van der Waals surface area contributed by atoms with Crippen molar-refractivity contribution < 1.29 is 26.9 Å². The summed E-state index contributed by atoms with van der Waals surface area (Å²) in [6, 6.07) is 16.7. The molecule has 0 saturated heterocycles. The summed E-state index contributed by atoms with van der Waals surface area (Å²) in [5, 5.41) is 10.3. The number of hydrogen-bond donors (Lipinski definition) is 1. The molecule has 0 spiro atoms. The van der Waals surface area contributed by atoms with Gasteiger partial charge in [0.25, 0.3) is 0 Å². The number of aromatic hydroxyl groups is 1. The second-order valence-corrected chi connectivity index (χ2v) is 7.92. The van der Waals surface area contributed by atoms with Crippen LogP contribution in [0, 0.1) is 0 Å². The van der Waals surface area contributed by atoms with Crippen LogP contribution in [0.5, 0.6) is 17.2 Å². The maximum Gasteiger partial charge on any atom is 0.339 e. The van der Waals surface area contributed by atoms with E-state index in [9.17, 15) is 18.3 Å². The first kappa shape index (κ1) is 19.5. The van der Waals surface area contributed by atoms with Crippen LogP contribution in [-0.2, 0) is 10.1 Å². The summed E-state index contributed by atoms with van der Waals surface area (Å²) in [6.07, 6.45) is 1.25. The first-order chi connectivity index (χ1) is 14.4. The van der Waals surface area contributed by atoms with E-state index in [-0.39, 0.29) is 27.2 Å². The van der Waals surface area contributed by atoms with Crippen molar-refractivity contribution in [1.82, 2.24) is 0 Å². The maximum atomic E-state index is 12.9. The third-order valence-corrected chi connectivity index (χ3v) is 5.73. The van der Waals surface area contributed by atoms with Crippen molar-refractivity contribution in [2.75, 3.05) is 7.11 Å². The Morgan fingerprint density at radius 1 is 0.933 bits per heavy atom. The summed E-state index contributed by atoms with van der Waals surface area (Å²) < 4.78 is 40.5. The predicted octanol–water partition coefficient (Wildman–Crippen LogP) is 3.94. The zero-order valence-corrected chi connectivity index (χ0v) is 16.5. The van der Waals surface area contributed by atoms with Crippen LogP contribution in [0.15, 0.2) is 87.1 Å². The molecule has 0 bridgehead atoms. The van der Waals surface area contributed by atoms with Crippen LogP contribution >= 0.6 is 0 Å². The lowest BCUT2D eigenvalue weighted by atomic mass is 10.0. The third kappa shape index (κ3) is 3.60. The van der Waals surface area contributed by atoms with Crippen LogP contribution in [0.3, 0.4) is 0 Å². The zero-order valence-electron chi connectivity index (χ0n) is 15.7. The molecule has 30 heavy (non-hydrogen) atoms. The largest absolute Gasteiger partial charge is 0.507 e. The normalized spacial score (nSPS) is 11.4. The van der Waals surface area contributed by atoms with Crippen molar-refractivity contribution in [3.63, 3.8) is 0 Å². The van der Waals surface area contributed by atoms with Gasteiger partial charge in [-0.3, -0.25) is 4.79 Å². The number of ether oxygens (including phenoxy) is 1. The van der Waals surface area contributed by atoms with E-state index in [2.05, 4.69) is 0 Å². The second-order valence-electron chi connectivity index (χ2n) is 6.37. The Hall–Kier alpha value is -3.78. The maximum absolute atomic E-state index is 12.9. The zero-order chi connectivity index (χ0) is 21.3. The van der Waals surface area contributed by atoms with Gasteiger partial charge in [0.1, 0.15) is 39.4 Å². The number of methoxy groups -OCH3 is 1. The average Bonchev–Trinajstić information content (AvgIpc) is 2.74. The van der Waals surface area contributed by atoms with E-state index in [4.69, 9.17) is 13.3 Å². The summed E-state index contributed by atoms with van der Waals surface area (Å²) >= 11 is 0. The number of rotatable bonds is 5. The van der Waals surface area contributed by atoms with Crippen LogP contribution in [0.1, 0.15) is 0 Å². The van der Waals surface area contributed by atoms with E-state index in [1.165, 1.54) is 31.6 Å². The Balaban J connectivity index is 1.76. The third-order valence-electron chi connectivity index (χ3n) is 4.47. The fourth-order valence-corrected chi connectivity index (χ4v) is 3.92. The SMILES string of the molecule is COc1ccc(-c2coc3cc(OS(=O)(=O)c4ccccc4)cc(O)c3c2=O)cc1. The molecule has 8 heteroatoms. The molecule has 0 unspecified atom stereocenters. The smallest absolute Gasteiger partial charge is 0.339 e. The molecule has 0 aliphatic rings. The summed E-state index contributed by atoms with van der Waals surface area (Å²) in [4.78, 5) is 12.9. The summed E-state index contributed by atoms with van der Waals surface area (Å²) in [7, 11) is -2.57. The molecule has 7 nitrogen and oxygen atoms in total. The fourth-order valence-electron chi connectivity index (χ4n) is 2.99. The van der Waals surface area contributed by atoms with Gasteiger partial charge in [-0.15, -0.1) is 0 Å². The molecule has 1 N–H and O–H groups in total. The van der Waals surface area contributed by atoms with E-state index in [0.29, 0.717) is 11.3 Å². The van der Waals surface area contributed by atoms with E-state index < -0.39 is 21.3 Å². The first-order valence-electron chi connectivity index (χ1n) is 8.81. The molecular weight excluding hydrogens is 408 g/mol. The lowest BCUT2D eigenvalue weighted by molar-refractivity contribution is 0.415. The molecule has 1 heterocycles. The van der Waals surface area contributed by atoms with Crippen molar-refractivity contribution in [1.29, 1.82) is 0 Å². The van der Waals surface area contributed by atoms with Gasteiger partial charge in [0.2, 0.25) is 5.43 Å². The molecule has 152 valence electrons. The molecule has 4 aromatic rings. The monoisotopic (exact) mass is 424 g/mol. The molecular formula is C22H16O7S. The van der Waals surface area contributed by atoms with Crippen molar-refractivity contribution in [2.24, 2.45) is 0 Å². The molecule has 0 aliphatic heterocycles. The minimum atomic E-state index is -4.11. The molecule has 3 aromatic carbocycles. The fraction of sp³-hybridized carbons (Fsp3) is 0.0455. The van der Waals surface area contributed by atoms with Crippen molar-refractivity contribution in [2.45, 2.75) is 4.90 Å². The summed E-state index contributed by atoms with van der Waals surface area (Å²) in [5.74, 6) is 0.00673. The molecule has 0 atom stereocenters. The molecule has 0 saturated carbocycles. The minimum absolute atomic E-state index is 0.00415. The Labute approximate surface area is 171 Å². The minimum Gasteiger partial charge on any atom is -0.507 e. The second kappa shape index (κ2) is 7.57. The molecule has 0 amide bonds. The standard InChI is InChI=1S/C22H16O7S/c1-27-15-9-7-14(8-10-15)18-13-28-20-12-16(11-19(23)21(20)22(18)24)29-30(25,26)17-5-3-2-4-6-17/h2-13,23H,1H3. The number of benzene rings is 3. The van der Waals surface area contributed by atoms with Gasteiger partial charge in [-0.25, -0.2) is 0 Å². The average molecular weight is 424 g/mol. The highest BCUT2D eigenvalue weighted by Crippen LogP contribution is 2.32. The number of fused-ring (bicyclic) bond motifs is 1. The quantitative estimate of drug-likeness (QED) is 0.484. The van der Waals surface area contributed by atoms with Crippen molar-refractivity contribution in [3.05, 3.63) is 83.2 Å². The molecule has 0 aliphatic carbocycles. The van der Waals surface area contributed by atoms with Gasteiger partial charge < -0.3 is 18.4 Å². The van der Waals surface area contributed by atoms with Gasteiger partial charge in [-0.1, -0.05) is 30.3 Å². The predicted molar refractivity (Wildman–Crippen MR) is 110 cm³/mol. The van der Waals surface area contributed by atoms with Crippen LogP contribution < -0.4 is 14.3 Å². The van der Waals surface area contributed by atoms with Crippen molar-refractivity contribution in [3.8, 4) is 28.4 Å². The highest BCUT2D eigenvalue weighted by molar-refractivity contribution is 7.87. The lowest BCUT2D eigenvalue weighted by Crippen LogP contribution is -2.10. The van der Waals surface area contributed by atoms with Crippen LogP contribution in [0.2, 0.25) is 0 Å². The van der Waals surface area contributed by atoms with E-state index in [1.54, 1.807) is 42.5 Å². The Kier molecular flexibility index (Phi) is 4.93. The van der Waals surface area contributed by atoms with Crippen LogP contribution in [0.25, 0.3) is 22.1 Å². The van der Waals surface area contributed by atoms with Gasteiger partial charge in [0, 0.05) is 12.1 Å². The van der Waals surface area contributed by atoms with Crippen LogP contribution in [-0.4, -0.2) is 20.6 Å². The van der Waals surface area contributed by atoms with Gasteiger partial charge in [-0.2, -0.15) is 8.42 Å². The highest BCUT2D eigenvalue weighted by atomic mass is 32.2. The Morgan fingerprint density at radius 2 is 1.63 bits per heavy atom. The molecule has 4 rings (SSSR count). The topological polar surface area (TPSA) is 103 Å². The van der Waals surface area contributed by atoms with Crippen LogP contribution in [0.4, 0.5) is 0 Å². The molecule has 1 aromatic heterocycles. The molecule has 0 radical (unpaired) electrons. The summed E-state index contributed by atoms with van der Waals surface area (Å²) in [6.45, 7) is 0. The Bertz CT molecular complexity index is 1370. The Morgan fingerprint density at radius 3 is 2.30 bits per heavy atom. The first-order valence-corrected chi connectivity index (χ1v) is 10.2. The highest BCUT2D eigenvalue weighted by Gasteiger charge is 2.19. The number of hydrogen-bond acceptors (Lipinski definition) is 7. The molecule has 0 fully saturated rings. The van der Waals surface area contributed by atoms with Gasteiger partial charge in [-0.05, 0) is 29.8 Å². The number of phenolic OH excluding ortho intramolecular Hbond substituents is 1.